The minimum atomic E-state index is 0.0352. The molecule has 4 aromatic rings. The van der Waals surface area contributed by atoms with E-state index < -0.39 is 0 Å². The van der Waals surface area contributed by atoms with Crippen LogP contribution in [0.25, 0.3) is 21.8 Å². The zero-order valence-corrected chi connectivity index (χ0v) is 18.0. The molecule has 0 radical (unpaired) electrons. The maximum Gasteiger partial charge on any atom is 0.216 e. The molecule has 0 atom stereocenters. The van der Waals surface area contributed by atoms with Gasteiger partial charge < -0.3 is 14.6 Å². The van der Waals surface area contributed by atoms with Crippen LogP contribution in [-0.2, 0) is 17.8 Å². The smallest absolute Gasteiger partial charge is 0.216 e. The maximum atomic E-state index is 11.0. The standard InChI is InChI=1S/C26H29N3O2/c1-20(30)27-17-8-2-3-16-26-28-23-13-6-7-14-24(23)29(26)18-19-31-25-15-9-11-21-10-4-5-12-22(21)25/h4-7,9-15H,2-3,8,16-19H2,1H3,(H,27,30). The summed E-state index contributed by atoms with van der Waals surface area (Å²) in [4.78, 5) is 15.9. The third kappa shape index (κ3) is 5.23. The summed E-state index contributed by atoms with van der Waals surface area (Å²) in [5.41, 5.74) is 2.18. The number of aromatic nitrogens is 2. The number of nitrogens with one attached hydrogen (secondary N) is 1. The monoisotopic (exact) mass is 415 g/mol. The zero-order valence-electron chi connectivity index (χ0n) is 18.0. The molecule has 0 aliphatic carbocycles. The number of rotatable bonds is 10. The van der Waals surface area contributed by atoms with E-state index in [4.69, 9.17) is 9.72 Å². The van der Waals surface area contributed by atoms with Gasteiger partial charge in [0.15, 0.2) is 0 Å². The number of ether oxygens (including phenoxy) is 1. The molecule has 1 N–H and O–H groups in total. The molecule has 5 nitrogen and oxygen atoms in total. The lowest BCUT2D eigenvalue weighted by atomic mass is 10.1. The van der Waals surface area contributed by atoms with Crippen LogP contribution in [0, 0.1) is 0 Å². The molecule has 0 bridgehead atoms. The molecule has 1 amide bonds. The first kappa shape index (κ1) is 20.9. The summed E-state index contributed by atoms with van der Waals surface area (Å²) in [7, 11) is 0. The number of carbonyl (C=O) groups excluding carboxylic acids is 1. The highest BCUT2D eigenvalue weighted by Crippen LogP contribution is 2.25. The minimum Gasteiger partial charge on any atom is -0.491 e. The Balaban J connectivity index is 1.41. The van der Waals surface area contributed by atoms with Gasteiger partial charge in [0.1, 0.15) is 18.2 Å². The van der Waals surface area contributed by atoms with E-state index in [1.54, 1.807) is 6.92 Å². The van der Waals surface area contributed by atoms with Crippen molar-refractivity contribution in [1.29, 1.82) is 0 Å². The van der Waals surface area contributed by atoms with Crippen molar-refractivity contribution in [3.05, 3.63) is 72.6 Å². The molecule has 31 heavy (non-hydrogen) atoms. The molecule has 1 heterocycles. The van der Waals surface area contributed by atoms with Gasteiger partial charge in [0.05, 0.1) is 17.6 Å². The first-order valence-corrected chi connectivity index (χ1v) is 11.0. The number of hydrogen-bond acceptors (Lipinski definition) is 3. The van der Waals surface area contributed by atoms with Crippen LogP contribution in [0.1, 0.15) is 32.0 Å². The van der Waals surface area contributed by atoms with Gasteiger partial charge in [-0.1, -0.05) is 55.0 Å². The largest absolute Gasteiger partial charge is 0.491 e. The molecule has 0 aliphatic rings. The van der Waals surface area contributed by atoms with Crippen molar-refractivity contribution in [3.8, 4) is 5.75 Å². The predicted octanol–water partition coefficient (Wildman–Crippen LogP) is 5.12. The van der Waals surface area contributed by atoms with Crippen molar-refractivity contribution in [3.63, 3.8) is 0 Å². The molecule has 160 valence electrons. The van der Waals surface area contributed by atoms with E-state index in [0.717, 1.165) is 66.8 Å². The lowest BCUT2D eigenvalue weighted by molar-refractivity contribution is -0.118. The van der Waals surface area contributed by atoms with E-state index in [-0.39, 0.29) is 5.91 Å². The number of hydrogen-bond donors (Lipinski definition) is 1. The summed E-state index contributed by atoms with van der Waals surface area (Å²) < 4.78 is 8.47. The average molecular weight is 416 g/mol. The Morgan fingerprint density at radius 1 is 0.968 bits per heavy atom. The van der Waals surface area contributed by atoms with Crippen molar-refractivity contribution < 1.29 is 9.53 Å². The number of aryl methyl sites for hydroxylation is 1. The van der Waals surface area contributed by atoms with Crippen molar-refractivity contribution in [2.24, 2.45) is 0 Å². The van der Waals surface area contributed by atoms with Crippen LogP contribution in [-0.4, -0.2) is 28.6 Å². The van der Waals surface area contributed by atoms with Gasteiger partial charge in [-0.3, -0.25) is 4.79 Å². The topological polar surface area (TPSA) is 56.2 Å². The SMILES string of the molecule is CC(=O)NCCCCCc1nc2ccccc2n1CCOc1cccc2ccccc12. The number of nitrogens with zero attached hydrogens (tertiary/aromatic N) is 2. The molecule has 0 fully saturated rings. The molecular weight excluding hydrogens is 386 g/mol. The molecule has 0 saturated carbocycles. The van der Waals surface area contributed by atoms with Gasteiger partial charge in [0.2, 0.25) is 5.91 Å². The highest BCUT2D eigenvalue weighted by molar-refractivity contribution is 5.88. The van der Waals surface area contributed by atoms with E-state index in [9.17, 15) is 4.79 Å². The summed E-state index contributed by atoms with van der Waals surface area (Å²) in [6.07, 6.45) is 4.02. The Hall–Kier alpha value is -3.34. The second-order valence-electron chi connectivity index (χ2n) is 7.79. The van der Waals surface area contributed by atoms with Gasteiger partial charge in [-0.2, -0.15) is 0 Å². The minimum absolute atomic E-state index is 0.0352. The number of carbonyl (C=O) groups is 1. The quantitative estimate of drug-likeness (QED) is 0.366. The fourth-order valence-corrected chi connectivity index (χ4v) is 3.98. The summed E-state index contributed by atoms with van der Waals surface area (Å²) in [6, 6.07) is 22.8. The zero-order chi connectivity index (χ0) is 21.5. The maximum absolute atomic E-state index is 11.0. The fourth-order valence-electron chi connectivity index (χ4n) is 3.98. The number of imidazole rings is 1. The van der Waals surface area contributed by atoms with Crippen molar-refractivity contribution in [1.82, 2.24) is 14.9 Å². The van der Waals surface area contributed by atoms with Crippen molar-refractivity contribution >= 4 is 27.7 Å². The van der Waals surface area contributed by atoms with Gasteiger partial charge in [-0.15, -0.1) is 0 Å². The summed E-state index contributed by atoms with van der Waals surface area (Å²) >= 11 is 0. The van der Waals surface area contributed by atoms with Crippen LogP contribution < -0.4 is 10.1 Å². The molecular formula is C26H29N3O2. The van der Waals surface area contributed by atoms with Crippen LogP contribution >= 0.6 is 0 Å². The highest BCUT2D eigenvalue weighted by Gasteiger charge is 2.11. The Labute approximate surface area is 183 Å². The first-order chi connectivity index (χ1) is 15.2. The van der Waals surface area contributed by atoms with Gasteiger partial charge in [0, 0.05) is 25.3 Å². The highest BCUT2D eigenvalue weighted by atomic mass is 16.5. The normalized spacial score (nSPS) is 11.1. The van der Waals surface area contributed by atoms with Gasteiger partial charge in [0.25, 0.3) is 0 Å². The summed E-state index contributed by atoms with van der Waals surface area (Å²) in [5, 5.41) is 5.18. The second-order valence-corrected chi connectivity index (χ2v) is 7.79. The Morgan fingerprint density at radius 3 is 2.68 bits per heavy atom. The van der Waals surface area contributed by atoms with Crippen LogP contribution in [0.3, 0.4) is 0 Å². The molecule has 4 rings (SSSR count). The van der Waals surface area contributed by atoms with Crippen LogP contribution in [0.15, 0.2) is 66.7 Å². The van der Waals surface area contributed by atoms with Crippen molar-refractivity contribution in [2.75, 3.05) is 13.2 Å². The van der Waals surface area contributed by atoms with E-state index in [0.29, 0.717) is 6.61 Å². The number of para-hydroxylation sites is 2. The van der Waals surface area contributed by atoms with Gasteiger partial charge in [-0.05, 0) is 36.4 Å². The molecule has 0 spiro atoms. The van der Waals surface area contributed by atoms with E-state index in [1.165, 1.54) is 5.39 Å². The van der Waals surface area contributed by atoms with Crippen molar-refractivity contribution in [2.45, 2.75) is 39.2 Å². The Kier molecular flexibility index (Phi) is 6.82. The van der Waals surface area contributed by atoms with Crippen LogP contribution in [0.4, 0.5) is 0 Å². The number of unbranched alkanes of at least 4 members (excludes halogenated alkanes) is 2. The van der Waals surface area contributed by atoms with Gasteiger partial charge in [-0.25, -0.2) is 4.98 Å². The molecule has 0 aliphatic heterocycles. The molecule has 3 aromatic carbocycles. The fraction of sp³-hybridized carbons (Fsp3) is 0.308. The van der Waals surface area contributed by atoms with E-state index >= 15 is 0 Å². The van der Waals surface area contributed by atoms with E-state index in [1.807, 2.05) is 30.3 Å². The van der Waals surface area contributed by atoms with E-state index in [2.05, 4.69) is 46.3 Å². The summed E-state index contributed by atoms with van der Waals surface area (Å²) in [5.74, 6) is 2.05. The average Bonchev–Trinajstić information content (AvgIpc) is 3.13. The predicted molar refractivity (Wildman–Crippen MR) is 125 cm³/mol. The lowest BCUT2D eigenvalue weighted by Crippen LogP contribution is -2.20. The molecule has 0 unspecified atom stereocenters. The molecule has 1 aromatic heterocycles. The number of fused-ring (bicyclic) bond motifs is 2. The third-order valence-corrected chi connectivity index (χ3v) is 5.51. The number of amides is 1. The van der Waals surface area contributed by atoms with Gasteiger partial charge >= 0.3 is 0 Å². The molecule has 0 saturated heterocycles. The van der Waals surface area contributed by atoms with Crippen LogP contribution in [0.5, 0.6) is 5.75 Å². The Bertz CT molecular complexity index is 1160. The van der Waals surface area contributed by atoms with Crippen LogP contribution in [0.2, 0.25) is 0 Å². The lowest BCUT2D eigenvalue weighted by Gasteiger charge is -2.12. The third-order valence-electron chi connectivity index (χ3n) is 5.51. The second kappa shape index (κ2) is 10.1. The Morgan fingerprint density at radius 2 is 1.77 bits per heavy atom. The number of benzene rings is 3. The molecule has 5 heteroatoms. The first-order valence-electron chi connectivity index (χ1n) is 11.0. The summed E-state index contributed by atoms with van der Waals surface area (Å²) in [6.45, 7) is 3.64.